The Morgan fingerprint density at radius 1 is 1.62 bits per heavy atom. The Hall–Kier alpha value is -1.00. The minimum atomic E-state index is -2.96. The number of rotatable bonds is 1. The zero-order valence-corrected chi connectivity index (χ0v) is 7.30. The second-order valence-corrected chi connectivity index (χ2v) is 3.20. The van der Waals surface area contributed by atoms with Crippen LogP contribution in [-0.4, -0.2) is 36.1 Å². The van der Waals surface area contributed by atoms with Gasteiger partial charge in [-0.25, -0.2) is 0 Å². The standard InChI is InChI=1S/C8H11F2NO2/c1-5-4-11(3-2-6(5)12)8(13)7(9)10/h5,7H,2-4H2,1H3. The third-order valence-corrected chi connectivity index (χ3v) is 2.17. The number of carbonyl (C=O) groups is 2. The molecule has 1 saturated heterocycles. The van der Waals surface area contributed by atoms with E-state index in [0.29, 0.717) is 0 Å². The van der Waals surface area contributed by atoms with Crippen LogP contribution < -0.4 is 0 Å². The first-order chi connectivity index (χ1) is 6.02. The monoisotopic (exact) mass is 191 g/mol. The van der Waals surface area contributed by atoms with Crippen molar-refractivity contribution >= 4 is 11.7 Å². The van der Waals surface area contributed by atoms with E-state index in [9.17, 15) is 18.4 Å². The Kier molecular flexibility index (Phi) is 2.95. The number of hydrogen-bond acceptors (Lipinski definition) is 2. The van der Waals surface area contributed by atoms with Gasteiger partial charge >= 0.3 is 6.43 Å². The maximum atomic E-state index is 12.0. The van der Waals surface area contributed by atoms with Crippen LogP contribution >= 0.6 is 0 Å². The third-order valence-electron chi connectivity index (χ3n) is 2.17. The summed E-state index contributed by atoms with van der Waals surface area (Å²) in [4.78, 5) is 22.9. The van der Waals surface area contributed by atoms with Gasteiger partial charge in [0.1, 0.15) is 5.78 Å². The van der Waals surface area contributed by atoms with Crippen LogP contribution in [0.4, 0.5) is 8.78 Å². The first-order valence-electron chi connectivity index (χ1n) is 4.12. The molecule has 0 aromatic rings. The van der Waals surface area contributed by atoms with Crippen molar-refractivity contribution in [2.45, 2.75) is 19.8 Å². The van der Waals surface area contributed by atoms with Gasteiger partial charge in [0, 0.05) is 25.4 Å². The number of alkyl halides is 2. The van der Waals surface area contributed by atoms with Gasteiger partial charge in [0.2, 0.25) is 0 Å². The van der Waals surface area contributed by atoms with Crippen LogP contribution in [0.25, 0.3) is 0 Å². The van der Waals surface area contributed by atoms with E-state index in [1.165, 1.54) is 0 Å². The summed E-state index contributed by atoms with van der Waals surface area (Å²) < 4.78 is 23.9. The summed E-state index contributed by atoms with van der Waals surface area (Å²) in [6.07, 6.45) is -2.76. The molecule has 1 amide bonds. The molecule has 1 heterocycles. The molecule has 0 saturated carbocycles. The van der Waals surface area contributed by atoms with Gasteiger partial charge in [0.05, 0.1) is 0 Å². The van der Waals surface area contributed by atoms with E-state index < -0.39 is 12.3 Å². The van der Waals surface area contributed by atoms with Crippen molar-refractivity contribution in [2.24, 2.45) is 5.92 Å². The molecular formula is C8H11F2NO2. The van der Waals surface area contributed by atoms with E-state index in [4.69, 9.17) is 0 Å². The van der Waals surface area contributed by atoms with E-state index in [1.54, 1.807) is 6.92 Å². The fourth-order valence-electron chi connectivity index (χ4n) is 1.35. The number of ketones is 1. The van der Waals surface area contributed by atoms with Crippen molar-refractivity contribution in [2.75, 3.05) is 13.1 Å². The van der Waals surface area contributed by atoms with E-state index in [-0.39, 0.29) is 31.2 Å². The lowest BCUT2D eigenvalue weighted by molar-refractivity contribution is -0.146. The van der Waals surface area contributed by atoms with Gasteiger partial charge < -0.3 is 4.90 Å². The van der Waals surface area contributed by atoms with Crippen molar-refractivity contribution in [3.05, 3.63) is 0 Å². The summed E-state index contributed by atoms with van der Waals surface area (Å²) in [5, 5.41) is 0. The molecule has 0 spiro atoms. The van der Waals surface area contributed by atoms with Crippen molar-refractivity contribution < 1.29 is 18.4 Å². The van der Waals surface area contributed by atoms with E-state index in [1.807, 2.05) is 0 Å². The first kappa shape index (κ1) is 10.1. The number of piperidine rings is 1. The lowest BCUT2D eigenvalue weighted by atomic mass is 9.99. The van der Waals surface area contributed by atoms with Crippen LogP contribution in [0, 0.1) is 5.92 Å². The summed E-state index contributed by atoms with van der Waals surface area (Å²) in [6, 6.07) is 0. The summed E-state index contributed by atoms with van der Waals surface area (Å²) in [7, 11) is 0. The quantitative estimate of drug-likeness (QED) is 0.611. The summed E-state index contributed by atoms with van der Waals surface area (Å²) in [6.45, 7) is 1.90. The maximum Gasteiger partial charge on any atom is 0.315 e. The number of hydrogen-bond donors (Lipinski definition) is 0. The highest BCUT2D eigenvalue weighted by atomic mass is 19.3. The molecule has 0 bridgehead atoms. The van der Waals surface area contributed by atoms with Crippen molar-refractivity contribution in [3.63, 3.8) is 0 Å². The predicted molar refractivity (Wildman–Crippen MR) is 41.4 cm³/mol. The molecule has 3 nitrogen and oxygen atoms in total. The molecule has 1 aliphatic rings. The lowest BCUT2D eigenvalue weighted by Crippen LogP contribution is -2.45. The molecule has 0 radical (unpaired) electrons. The molecule has 74 valence electrons. The molecule has 0 aromatic carbocycles. The zero-order valence-electron chi connectivity index (χ0n) is 7.30. The van der Waals surface area contributed by atoms with Crippen molar-refractivity contribution in [1.29, 1.82) is 0 Å². The average Bonchev–Trinajstić information content (AvgIpc) is 2.08. The average molecular weight is 191 g/mol. The Bertz CT molecular complexity index is 230. The van der Waals surface area contributed by atoms with Crippen LogP contribution in [0.15, 0.2) is 0 Å². The molecule has 13 heavy (non-hydrogen) atoms. The van der Waals surface area contributed by atoms with Gasteiger partial charge in [-0.1, -0.05) is 6.92 Å². The Morgan fingerprint density at radius 2 is 2.23 bits per heavy atom. The molecule has 0 N–H and O–H groups in total. The number of carbonyl (C=O) groups excluding carboxylic acids is 2. The van der Waals surface area contributed by atoms with Crippen LogP contribution in [0.2, 0.25) is 0 Å². The highest BCUT2D eigenvalue weighted by Crippen LogP contribution is 2.14. The Balaban J connectivity index is 2.55. The number of Topliss-reactive ketones (excluding diaryl/α,β-unsaturated/α-hetero) is 1. The fraction of sp³-hybridized carbons (Fsp3) is 0.750. The maximum absolute atomic E-state index is 12.0. The molecule has 1 unspecified atom stereocenters. The van der Waals surface area contributed by atoms with Gasteiger partial charge in [0.25, 0.3) is 5.91 Å². The highest BCUT2D eigenvalue weighted by molar-refractivity contribution is 5.86. The minimum absolute atomic E-state index is 0.0401. The van der Waals surface area contributed by atoms with Crippen molar-refractivity contribution in [1.82, 2.24) is 4.90 Å². The topological polar surface area (TPSA) is 37.4 Å². The van der Waals surface area contributed by atoms with Gasteiger partial charge in [0.15, 0.2) is 0 Å². The van der Waals surface area contributed by atoms with Crippen LogP contribution in [0.3, 0.4) is 0 Å². The molecule has 1 fully saturated rings. The van der Waals surface area contributed by atoms with Crippen LogP contribution in [-0.2, 0) is 9.59 Å². The van der Waals surface area contributed by atoms with E-state index in [0.717, 1.165) is 4.90 Å². The molecule has 1 rings (SSSR count). The predicted octanol–water partition coefficient (Wildman–Crippen LogP) is 0.689. The zero-order chi connectivity index (χ0) is 10.0. The van der Waals surface area contributed by atoms with E-state index in [2.05, 4.69) is 0 Å². The van der Waals surface area contributed by atoms with Crippen LogP contribution in [0.5, 0.6) is 0 Å². The van der Waals surface area contributed by atoms with Crippen molar-refractivity contribution in [3.8, 4) is 0 Å². The fourth-order valence-corrected chi connectivity index (χ4v) is 1.35. The second kappa shape index (κ2) is 3.81. The summed E-state index contributed by atoms with van der Waals surface area (Å²) in [5.41, 5.74) is 0. The molecule has 1 aliphatic heterocycles. The smallest absolute Gasteiger partial charge is 0.315 e. The van der Waals surface area contributed by atoms with Gasteiger partial charge in [-0.3, -0.25) is 9.59 Å². The minimum Gasteiger partial charge on any atom is -0.337 e. The number of nitrogens with zero attached hydrogens (tertiary/aromatic N) is 1. The summed E-state index contributed by atoms with van der Waals surface area (Å²) in [5.74, 6) is -1.44. The molecule has 0 aliphatic carbocycles. The number of amides is 1. The SMILES string of the molecule is CC1CN(C(=O)C(F)F)CCC1=O. The van der Waals surface area contributed by atoms with Gasteiger partial charge in [-0.15, -0.1) is 0 Å². The first-order valence-corrected chi connectivity index (χ1v) is 4.12. The molecule has 0 aromatic heterocycles. The highest BCUT2D eigenvalue weighted by Gasteiger charge is 2.30. The Labute approximate surface area is 74.7 Å². The number of halogens is 2. The van der Waals surface area contributed by atoms with E-state index >= 15 is 0 Å². The lowest BCUT2D eigenvalue weighted by Gasteiger charge is -2.29. The normalized spacial score (nSPS) is 23.8. The largest absolute Gasteiger partial charge is 0.337 e. The third kappa shape index (κ3) is 2.23. The molecule has 1 atom stereocenters. The van der Waals surface area contributed by atoms with Crippen LogP contribution in [0.1, 0.15) is 13.3 Å². The molecular weight excluding hydrogens is 180 g/mol. The Morgan fingerprint density at radius 3 is 2.69 bits per heavy atom. The summed E-state index contributed by atoms with van der Waals surface area (Å²) >= 11 is 0. The van der Waals surface area contributed by atoms with Gasteiger partial charge in [-0.05, 0) is 0 Å². The van der Waals surface area contributed by atoms with Gasteiger partial charge in [-0.2, -0.15) is 8.78 Å². The number of likely N-dealkylation sites (tertiary alicyclic amines) is 1. The molecule has 5 heteroatoms. The second-order valence-electron chi connectivity index (χ2n) is 3.20.